The molecule has 1 aliphatic rings. The van der Waals surface area contributed by atoms with Crippen LogP contribution in [0, 0.1) is 5.92 Å². The fourth-order valence-corrected chi connectivity index (χ4v) is 3.03. The molecule has 0 aliphatic carbocycles. The second kappa shape index (κ2) is 8.72. The topological polar surface area (TPSA) is 53.6 Å². The van der Waals surface area contributed by atoms with Gasteiger partial charge in [-0.1, -0.05) is 26.0 Å². The third-order valence-electron chi connectivity index (χ3n) is 4.30. The molecule has 5 nitrogen and oxygen atoms in total. The predicted molar refractivity (Wildman–Crippen MR) is 107 cm³/mol. The number of carbonyl (C=O) groups is 1. The number of anilines is 4. The Morgan fingerprint density at radius 2 is 1.69 bits per heavy atom. The zero-order valence-corrected chi connectivity index (χ0v) is 15.5. The number of hydrogen-bond donors (Lipinski definition) is 2. The molecule has 2 N–H and O–H groups in total. The summed E-state index contributed by atoms with van der Waals surface area (Å²) in [5, 5.41) is 6.43. The van der Waals surface area contributed by atoms with Crippen LogP contribution in [0.5, 0.6) is 0 Å². The lowest BCUT2D eigenvalue weighted by molar-refractivity contribution is -0.116. The summed E-state index contributed by atoms with van der Waals surface area (Å²) in [6.07, 6.45) is 0.535. The average Bonchev–Trinajstić information content (AvgIpc) is 2.64. The molecule has 0 bridgehead atoms. The van der Waals surface area contributed by atoms with Crippen LogP contribution >= 0.6 is 0 Å². The molecule has 3 rings (SSSR count). The van der Waals surface area contributed by atoms with Crippen LogP contribution in [0.1, 0.15) is 20.3 Å². The fraction of sp³-hybridized carbons (Fsp3) is 0.381. The molecular formula is C21H27N3O2. The number of ether oxygens (including phenoxy) is 1. The van der Waals surface area contributed by atoms with Gasteiger partial charge in [-0.25, -0.2) is 0 Å². The zero-order chi connectivity index (χ0) is 18.4. The maximum absolute atomic E-state index is 11.9. The molecule has 138 valence electrons. The van der Waals surface area contributed by atoms with Crippen molar-refractivity contribution in [3.05, 3.63) is 48.5 Å². The first kappa shape index (κ1) is 18.3. The summed E-state index contributed by atoms with van der Waals surface area (Å²) in [4.78, 5) is 14.2. The van der Waals surface area contributed by atoms with Crippen molar-refractivity contribution in [1.29, 1.82) is 0 Å². The Balaban J connectivity index is 1.67. The lowest BCUT2D eigenvalue weighted by Gasteiger charge is -2.30. The Morgan fingerprint density at radius 1 is 1.04 bits per heavy atom. The average molecular weight is 353 g/mol. The molecule has 1 saturated heterocycles. The lowest BCUT2D eigenvalue weighted by Crippen LogP contribution is -2.36. The summed E-state index contributed by atoms with van der Waals surface area (Å²) < 4.78 is 5.45. The molecule has 0 radical (unpaired) electrons. The molecule has 2 aromatic carbocycles. The highest BCUT2D eigenvalue weighted by molar-refractivity contribution is 5.91. The van der Waals surface area contributed by atoms with Gasteiger partial charge >= 0.3 is 0 Å². The Labute approximate surface area is 155 Å². The van der Waals surface area contributed by atoms with Gasteiger partial charge in [-0.15, -0.1) is 0 Å². The summed E-state index contributed by atoms with van der Waals surface area (Å²) in [5.74, 6) is 0.408. The first-order chi connectivity index (χ1) is 12.6. The highest BCUT2D eigenvalue weighted by atomic mass is 16.5. The van der Waals surface area contributed by atoms with E-state index in [1.807, 2.05) is 44.2 Å². The van der Waals surface area contributed by atoms with Crippen molar-refractivity contribution in [3.63, 3.8) is 0 Å². The van der Waals surface area contributed by atoms with Crippen LogP contribution in [0.15, 0.2) is 48.5 Å². The molecular weight excluding hydrogens is 326 g/mol. The van der Waals surface area contributed by atoms with E-state index in [4.69, 9.17) is 4.74 Å². The van der Waals surface area contributed by atoms with Crippen LogP contribution in [-0.2, 0) is 9.53 Å². The van der Waals surface area contributed by atoms with E-state index in [1.165, 1.54) is 5.69 Å². The van der Waals surface area contributed by atoms with Crippen LogP contribution in [0.3, 0.4) is 0 Å². The number of nitrogens with zero attached hydrogens (tertiary/aromatic N) is 1. The van der Waals surface area contributed by atoms with E-state index in [-0.39, 0.29) is 5.91 Å². The van der Waals surface area contributed by atoms with Gasteiger partial charge in [0, 0.05) is 30.9 Å². The van der Waals surface area contributed by atoms with Gasteiger partial charge in [-0.2, -0.15) is 0 Å². The smallest absolute Gasteiger partial charge is 0.224 e. The van der Waals surface area contributed by atoms with Gasteiger partial charge < -0.3 is 20.3 Å². The van der Waals surface area contributed by atoms with E-state index in [0.29, 0.717) is 12.3 Å². The summed E-state index contributed by atoms with van der Waals surface area (Å²) in [5.41, 5.74) is 4.08. The summed E-state index contributed by atoms with van der Waals surface area (Å²) in [6.45, 7) is 7.41. The SMILES string of the molecule is CC(C)CC(=O)Nc1ccc(Nc2ccccc2N2CCOCC2)cc1. The van der Waals surface area contributed by atoms with Gasteiger partial charge in [-0.3, -0.25) is 4.79 Å². The minimum absolute atomic E-state index is 0.0540. The maximum atomic E-state index is 11.9. The maximum Gasteiger partial charge on any atom is 0.224 e. The Morgan fingerprint density at radius 3 is 2.38 bits per heavy atom. The summed E-state index contributed by atoms with van der Waals surface area (Å²) >= 11 is 0. The van der Waals surface area contributed by atoms with Crippen LogP contribution in [0.2, 0.25) is 0 Å². The lowest BCUT2D eigenvalue weighted by atomic mass is 10.1. The largest absolute Gasteiger partial charge is 0.378 e. The second-order valence-electron chi connectivity index (χ2n) is 6.97. The Hall–Kier alpha value is -2.53. The molecule has 2 aromatic rings. The van der Waals surface area contributed by atoms with Gasteiger partial charge in [0.05, 0.1) is 24.6 Å². The molecule has 0 unspecified atom stereocenters. The molecule has 0 saturated carbocycles. The molecule has 0 spiro atoms. The first-order valence-electron chi connectivity index (χ1n) is 9.20. The highest BCUT2D eigenvalue weighted by Crippen LogP contribution is 2.29. The van der Waals surface area contributed by atoms with E-state index in [1.54, 1.807) is 0 Å². The number of rotatable bonds is 6. The minimum atomic E-state index is 0.0540. The van der Waals surface area contributed by atoms with Crippen molar-refractivity contribution in [2.75, 3.05) is 41.8 Å². The van der Waals surface area contributed by atoms with Gasteiger partial charge in [0.1, 0.15) is 0 Å². The predicted octanol–water partition coefficient (Wildman–Crippen LogP) is 4.25. The van der Waals surface area contributed by atoms with Gasteiger partial charge in [0.25, 0.3) is 0 Å². The molecule has 26 heavy (non-hydrogen) atoms. The number of carbonyl (C=O) groups excluding carboxylic acids is 1. The van der Waals surface area contributed by atoms with Gasteiger partial charge in [0.2, 0.25) is 5.91 Å². The molecule has 1 heterocycles. The molecule has 0 atom stereocenters. The van der Waals surface area contributed by atoms with Crippen molar-refractivity contribution in [1.82, 2.24) is 0 Å². The summed E-state index contributed by atoms with van der Waals surface area (Å²) in [7, 11) is 0. The van der Waals surface area contributed by atoms with E-state index in [0.717, 1.165) is 43.4 Å². The number of morpholine rings is 1. The monoisotopic (exact) mass is 353 g/mol. The van der Waals surface area contributed by atoms with Crippen LogP contribution in [0.25, 0.3) is 0 Å². The summed E-state index contributed by atoms with van der Waals surface area (Å²) in [6, 6.07) is 16.1. The van der Waals surface area contributed by atoms with Gasteiger partial charge in [0.15, 0.2) is 0 Å². The second-order valence-corrected chi connectivity index (χ2v) is 6.97. The number of para-hydroxylation sites is 2. The number of amides is 1. The van der Waals surface area contributed by atoms with Crippen molar-refractivity contribution >= 4 is 28.7 Å². The first-order valence-corrected chi connectivity index (χ1v) is 9.20. The molecule has 5 heteroatoms. The quantitative estimate of drug-likeness (QED) is 0.815. The van der Waals surface area contributed by atoms with Crippen molar-refractivity contribution in [2.45, 2.75) is 20.3 Å². The molecule has 1 aliphatic heterocycles. The number of benzene rings is 2. The van der Waals surface area contributed by atoms with Crippen LogP contribution < -0.4 is 15.5 Å². The van der Waals surface area contributed by atoms with Crippen LogP contribution in [-0.4, -0.2) is 32.2 Å². The third-order valence-corrected chi connectivity index (χ3v) is 4.30. The number of hydrogen-bond acceptors (Lipinski definition) is 4. The van der Waals surface area contributed by atoms with E-state index < -0.39 is 0 Å². The molecule has 1 amide bonds. The van der Waals surface area contributed by atoms with Gasteiger partial charge in [-0.05, 0) is 42.3 Å². The zero-order valence-electron chi connectivity index (χ0n) is 15.5. The fourth-order valence-electron chi connectivity index (χ4n) is 3.03. The third kappa shape index (κ3) is 4.99. The van der Waals surface area contributed by atoms with Crippen molar-refractivity contribution in [2.24, 2.45) is 5.92 Å². The standard InChI is InChI=1S/C21H27N3O2/c1-16(2)15-21(25)23-18-9-7-17(8-10-18)22-19-5-3-4-6-20(19)24-11-13-26-14-12-24/h3-10,16,22H,11-15H2,1-2H3,(H,23,25). The van der Waals surface area contributed by atoms with Crippen LogP contribution in [0.4, 0.5) is 22.7 Å². The van der Waals surface area contributed by atoms with Crippen molar-refractivity contribution in [3.8, 4) is 0 Å². The van der Waals surface area contributed by atoms with E-state index >= 15 is 0 Å². The Bertz CT molecular complexity index is 722. The normalized spacial score (nSPS) is 14.3. The van der Waals surface area contributed by atoms with E-state index in [2.05, 4.69) is 33.7 Å². The molecule has 1 fully saturated rings. The van der Waals surface area contributed by atoms with Crippen molar-refractivity contribution < 1.29 is 9.53 Å². The van der Waals surface area contributed by atoms with E-state index in [9.17, 15) is 4.79 Å². The Kier molecular flexibility index (Phi) is 6.12. The minimum Gasteiger partial charge on any atom is -0.378 e. The molecule has 0 aromatic heterocycles. The highest BCUT2D eigenvalue weighted by Gasteiger charge is 2.14. The number of nitrogens with one attached hydrogen (secondary N) is 2.